The Morgan fingerprint density at radius 3 is 2.71 bits per heavy atom. The predicted molar refractivity (Wildman–Crippen MR) is 83.8 cm³/mol. The summed E-state index contributed by atoms with van der Waals surface area (Å²) in [7, 11) is 3.66. The molecule has 0 saturated carbocycles. The average Bonchev–Trinajstić information content (AvgIpc) is 3.14. The first-order valence-corrected chi connectivity index (χ1v) is 7.70. The van der Waals surface area contributed by atoms with Crippen LogP contribution in [0.5, 0.6) is 0 Å². The van der Waals surface area contributed by atoms with Crippen LogP contribution in [0.3, 0.4) is 0 Å². The molecule has 0 bridgehead atoms. The van der Waals surface area contributed by atoms with Gasteiger partial charge in [0.05, 0.1) is 12.9 Å². The van der Waals surface area contributed by atoms with Gasteiger partial charge in [-0.3, -0.25) is 0 Å². The Morgan fingerprint density at radius 2 is 2.08 bits per heavy atom. The number of ether oxygens (including phenoxy) is 3. The van der Waals surface area contributed by atoms with Gasteiger partial charge in [-0.25, -0.2) is 4.99 Å². The Kier molecular flexibility index (Phi) is 4.36. The van der Waals surface area contributed by atoms with Gasteiger partial charge >= 0.3 is 0 Å². The SMILES string of the molecule is CN(C)/C=N/c1c([C@@H]2O[C@H](CO)[C@H]3OC(C)(C)O[C@H]32)coc1C#N. The summed E-state index contributed by atoms with van der Waals surface area (Å²) in [6.45, 7) is 3.45. The minimum Gasteiger partial charge on any atom is -0.451 e. The highest BCUT2D eigenvalue weighted by Crippen LogP contribution is 2.48. The van der Waals surface area contributed by atoms with Crippen molar-refractivity contribution in [3.63, 3.8) is 0 Å². The maximum absolute atomic E-state index is 9.57. The van der Waals surface area contributed by atoms with Crippen LogP contribution in [-0.4, -0.2) is 61.1 Å². The number of furan rings is 1. The molecule has 4 atom stereocenters. The normalized spacial score (nSPS) is 31.3. The van der Waals surface area contributed by atoms with Crippen LogP contribution in [0.1, 0.15) is 31.3 Å². The first-order chi connectivity index (χ1) is 11.4. The molecule has 3 rings (SSSR count). The number of hydrogen-bond acceptors (Lipinski definition) is 7. The highest BCUT2D eigenvalue weighted by Gasteiger charge is 2.56. The molecular formula is C16H21N3O5. The van der Waals surface area contributed by atoms with Crippen LogP contribution in [0.2, 0.25) is 0 Å². The quantitative estimate of drug-likeness (QED) is 0.654. The van der Waals surface area contributed by atoms with Gasteiger partial charge in [-0.1, -0.05) is 0 Å². The van der Waals surface area contributed by atoms with Crippen LogP contribution in [-0.2, 0) is 14.2 Å². The molecule has 130 valence electrons. The summed E-state index contributed by atoms with van der Waals surface area (Å²) in [6.07, 6.45) is 1.20. The Morgan fingerprint density at radius 1 is 1.38 bits per heavy atom. The van der Waals surface area contributed by atoms with Gasteiger partial charge in [-0.15, -0.1) is 0 Å². The molecule has 2 aliphatic rings. The third-order valence-corrected chi connectivity index (χ3v) is 3.95. The first-order valence-electron chi connectivity index (χ1n) is 7.70. The van der Waals surface area contributed by atoms with E-state index in [0.29, 0.717) is 11.3 Å². The number of hydrogen-bond donors (Lipinski definition) is 1. The molecule has 0 amide bonds. The molecule has 0 aromatic carbocycles. The van der Waals surface area contributed by atoms with E-state index in [0.717, 1.165) is 0 Å². The number of nitriles is 1. The summed E-state index contributed by atoms with van der Waals surface area (Å²) in [4.78, 5) is 6.08. The summed E-state index contributed by atoms with van der Waals surface area (Å²) < 4.78 is 23.0. The monoisotopic (exact) mass is 335 g/mol. The Balaban J connectivity index is 1.97. The van der Waals surface area contributed by atoms with E-state index in [9.17, 15) is 10.4 Å². The first kappa shape index (κ1) is 16.9. The summed E-state index contributed by atoms with van der Waals surface area (Å²) in [6, 6.07) is 1.99. The average molecular weight is 335 g/mol. The number of aliphatic hydroxyl groups excluding tert-OH is 1. The third-order valence-electron chi connectivity index (χ3n) is 3.95. The van der Waals surface area contributed by atoms with Gasteiger partial charge in [-0.2, -0.15) is 5.26 Å². The predicted octanol–water partition coefficient (Wildman–Crippen LogP) is 1.32. The minimum atomic E-state index is -0.764. The third kappa shape index (κ3) is 2.91. The molecule has 3 heterocycles. The lowest BCUT2D eigenvalue weighted by Crippen LogP contribution is -2.31. The number of aliphatic hydroxyl groups is 1. The van der Waals surface area contributed by atoms with E-state index in [1.165, 1.54) is 6.26 Å². The molecule has 1 aromatic rings. The Hall–Kier alpha value is -1.92. The lowest BCUT2D eigenvalue weighted by molar-refractivity contribution is -0.191. The molecule has 2 saturated heterocycles. The van der Waals surface area contributed by atoms with E-state index in [-0.39, 0.29) is 18.5 Å². The van der Waals surface area contributed by atoms with Crippen molar-refractivity contribution in [2.45, 2.75) is 44.1 Å². The van der Waals surface area contributed by atoms with Crippen LogP contribution in [0.25, 0.3) is 0 Å². The highest BCUT2D eigenvalue weighted by atomic mass is 16.8. The molecular weight excluding hydrogens is 314 g/mol. The van der Waals surface area contributed by atoms with Crippen LogP contribution < -0.4 is 0 Å². The van der Waals surface area contributed by atoms with Gasteiger partial charge in [0.15, 0.2) is 5.79 Å². The summed E-state index contributed by atoms with van der Waals surface area (Å²) in [5.74, 6) is -0.659. The van der Waals surface area contributed by atoms with Gasteiger partial charge < -0.3 is 28.6 Å². The summed E-state index contributed by atoms with van der Waals surface area (Å²) in [5.41, 5.74) is 1.01. The minimum absolute atomic E-state index is 0.105. The van der Waals surface area contributed by atoms with E-state index in [1.54, 1.807) is 11.2 Å². The standard InChI is InChI=1S/C16H21N3O5/c1-16(2)23-14-11(6-20)22-13(15(14)24-16)9-7-21-10(5-17)12(9)18-8-19(3)4/h7-8,11,13-15,20H,6H2,1-4H3/b18-8+/t11-,13+,14-,15+/m1/s1. The zero-order chi connectivity index (χ0) is 17.5. The number of nitrogens with zero attached hydrogens (tertiary/aromatic N) is 3. The van der Waals surface area contributed by atoms with E-state index in [4.69, 9.17) is 18.6 Å². The molecule has 1 N–H and O–H groups in total. The fraction of sp³-hybridized carbons (Fsp3) is 0.625. The molecule has 8 heteroatoms. The number of fused-ring (bicyclic) bond motifs is 1. The number of rotatable bonds is 4. The lowest BCUT2D eigenvalue weighted by Gasteiger charge is -2.23. The van der Waals surface area contributed by atoms with Crippen molar-refractivity contribution < 1.29 is 23.7 Å². The van der Waals surface area contributed by atoms with Gasteiger partial charge in [0.25, 0.3) is 0 Å². The maximum atomic E-state index is 9.57. The molecule has 2 aliphatic heterocycles. The molecule has 0 radical (unpaired) electrons. The van der Waals surface area contributed by atoms with Crippen LogP contribution in [0, 0.1) is 11.3 Å². The molecule has 2 fully saturated rings. The van der Waals surface area contributed by atoms with Crippen molar-refractivity contribution >= 4 is 12.0 Å². The van der Waals surface area contributed by atoms with Crippen molar-refractivity contribution in [2.75, 3.05) is 20.7 Å². The van der Waals surface area contributed by atoms with Crippen molar-refractivity contribution in [3.8, 4) is 6.07 Å². The number of aliphatic imine (C=N–C) groups is 1. The van der Waals surface area contributed by atoms with Crippen molar-refractivity contribution in [1.82, 2.24) is 4.90 Å². The van der Waals surface area contributed by atoms with Crippen molar-refractivity contribution in [3.05, 3.63) is 17.6 Å². The highest BCUT2D eigenvalue weighted by molar-refractivity contribution is 5.66. The Labute approximate surface area is 140 Å². The second-order valence-electron chi connectivity index (χ2n) is 6.53. The molecule has 0 spiro atoms. The van der Waals surface area contributed by atoms with Crippen LogP contribution in [0.15, 0.2) is 15.7 Å². The molecule has 0 unspecified atom stereocenters. The molecule has 0 aliphatic carbocycles. The van der Waals surface area contributed by atoms with Crippen molar-refractivity contribution in [1.29, 1.82) is 5.26 Å². The smallest absolute Gasteiger partial charge is 0.229 e. The zero-order valence-electron chi connectivity index (χ0n) is 14.1. The Bertz CT molecular complexity index is 676. The van der Waals surface area contributed by atoms with Gasteiger partial charge in [0.1, 0.15) is 42.4 Å². The van der Waals surface area contributed by atoms with Crippen LogP contribution in [0.4, 0.5) is 5.69 Å². The largest absolute Gasteiger partial charge is 0.451 e. The van der Waals surface area contributed by atoms with E-state index < -0.39 is 24.1 Å². The maximum Gasteiger partial charge on any atom is 0.229 e. The van der Waals surface area contributed by atoms with E-state index in [2.05, 4.69) is 4.99 Å². The van der Waals surface area contributed by atoms with Crippen molar-refractivity contribution in [2.24, 2.45) is 4.99 Å². The second kappa shape index (κ2) is 6.18. The summed E-state index contributed by atoms with van der Waals surface area (Å²) in [5, 5.41) is 18.8. The fourth-order valence-electron chi connectivity index (χ4n) is 3.03. The fourth-order valence-corrected chi connectivity index (χ4v) is 3.03. The zero-order valence-corrected chi connectivity index (χ0v) is 14.1. The van der Waals surface area contributed by atoms with E-state index >= 15 is 0 Å². The lowest BCUT2D eigenvalue weighted by atomic mass is 10.0. The van der Waals surface area contributed by atoms with Gasteiger partial charge in [-0.05, 0) is 13.8 Å². The van der Waals surface area contributed by atoms with Gasteiger partial charge in [0, 0.05) is 19.7 Å². The molecule has 1 aromatic heterocycles. The molecule has 24 heavy (non-hydrogen) atoms. The molecule has 8 nitrogen and oxygen atoms in total. The topological polar surface area (TPSA) is 100 Å². The van der Waals surface area contributed by atoms with Gasteiger partial charge in [0.2, 0.25) is 5.76 Å². The second-order valence-corrected chi connectivity index (χ2v) is 6.53. The van der Waals surface area contributed by atoms with E-state index in [1.807, 2.05) is 34.0 Å². The summed E-state index contributed by atoms with van der Waals surface area (Å²) >= 11 is 0. The van der Waals surface area contributed by atoms with Crippen LogP contribution >= 0.6 is 0 Å².